The van der Waals surface area contributed by atoms with Crippen LogP contribution in [0.5, 0.6) is 0 Å². The van der Waals surface area contributed by atoms with Crippen molar-refractivity contribution >= 4 is 44.5 Å². The summed E-state index contributed by atoms with van der Waals surface area (Å²) in [7, 11) is 0. The number of rotatable bonds is 3. The van der Waals surface area contributed by atoms with E-state index in [1.54, 1.807) is 21.6 Å². The van der Waals surface area contributed by atoms with Gasteiger partial charge in [-0.15, -0.1) is 29.1 Å². The molecular formula is C24H17N5OS2. The summed E-state index contributed by atoms with van der Waals surface area (Å²) in [6.07, 6.45) is 5.36. The molecule has 5 rings (SSSR count). The first kappa shape index (κ1) is 20.2. The molecule has 1 saturated heterocycles. The highest BCUT2D eigenvalue weighted by molar-refractivity contribution is 7.17. The predicted octanol–water partition coefficient (Wildman–Crippen LogP) is 4.24. The fourth-order valence-corrected chi connectivity index (χ4v) is 5.35. The topological polar surface area (TPSA) is 73.1 Å². The summed E-state index contributed by atoms with van der Waals surface area (Å²) >= 11 is 2.90. The van der Waals surface area contributed by atoms with Crippen LogP contribution in [0.25, 0.3) is 21.3 Å². The smallest absolute Gasteiger partial charge is 0.273 e. The number of nitriles is 1. The Morgan fingerprint density at radius 2 is 1.97 bits per heavy atom. The molecule has 1 fully saturated rings. The first-order valence-corrected chi connectivity index (χ1v) is 11.8. The van der Waals surface area contributed by atoms with Crippen LogP contribution in [0.15, 0.2) is 47.3 Å². The summed E-state index contributed by atoms with van der Waals surface area (Å²) in [6, 6.07) is 14.4. The first-order chi connectivity index (χ1) is 15.7. The Morgan fingerprint density at radius 3 is 2.72 bits per heavy atom. The van der Waals surface area contributed by atoms with Crippen molar-refractivity contribution in [3.8, 4) is 29.5 Å². The number of carbonyl (C=O) groups is 1. The Kier molecular flexibility index (Phi) is 5.32. The van der Waals surface area contributed by atoms with Crippen molar-refractivity contribution < 1.29 is 4.79 Å². The van der Waals surface area contributed by atoms with Crippen LogP contribution in [0.4, 0.5) is 5.69 Å². The van der Waals surface area contributed by atoms with Gasteiger partial charge in [-0.1, -0.05) is 18.2 Å². The lowest BCUT2D eigenvalue weighted by Crippen LogP contribution is -2.49. The number of thiazole rings is 2. The standard InChI is InChI=1S/C24H17N5OS2/c1-2-22-27-20(14-31-22)24(30)29-10-8-28(9-11-29)21-7-6-16(12-17(21)13-25)18-4-3-5-19-23(18)32-15-26-19/h1,3-7,12,14-15H,8-11H2. The van der Waals surface area contributed by atoms with Crippen LogP contribution in [0.1, 0.15) is 21.1 Å². The summed E-state index contributed by atoms with van der Waals surface area (Å²) in [4.78, 5) is 25.2. The van der Waals surface area contributed by atoms with Gasteiger partial charge in [-0.2, -0.15) is 5.26 Å². The number of aromatic nitrogens is 2. The number of fused-ring (bicyclic) bond motifs is 1. The number of nitrogens with zero attached hydrogens (tertiary/aromatic N) is 5. The number of anilines is 1. The van der Waals surface area contributed by atoms with Crippen LogP contribution in [0.2, 0.25) is 0 Å². The maximum atomic E-state index is 12.7. The summed E-state index contributed by atoms with van der Waals surface area (Å²) < 4.78 is 1.12. The Balaban J connectivity index is 1.35. The predicted molar refractivity (Wildman–Crippen MR) is 128 cm³/mol. The van der Waals surface area contributed by atoms with E-state index in [4.69, 9.17) is 6.42 Å². The molecule has 3 heterocycles. The highest BCUT2D eigenvalue weighted by Gasteiger charge is 2.25. The van der Waals surface area contributed by atoms with Gasteiger partial charge in [0.1, 0.15) is 11.8 Å². The van der Waals surface area contributed by atoms with Gasteiger partial charge in [0.15, 0.2) is 5.01 Å². The van der Waals surface area contributed by atoms with E-state index in [9.17, 15) is 10.1 Å². The highest BCUT2D eigenvalue weighted by Crippen LogP contribution is 2.34. The van der Waals surface area contributed by atoms with Gasteiger partial charge in [0, 0.05) is 37.1 Å². The zero-order chi connectivity index (χ0) is 22.1. The van der Waals surface area contributed by atoms with Gasteiger partial charge in [0.05, 0.1) is 27.0 Å². The molecule has 2 aromatic carbocycles. The molecule has 156 valence electrons. The van der Waals surface area contributed by atoms with Crippen molar-refractivity contribution in [1.82, 2.24) is 14.9 Å². The summed E-state index contributed by atoms with van der Waals surface area (Å²) in [5.74, 6) is 2.36. The van der Waals surface area contributed by atoms with E-state index in [1.165, 1.54) is 11.3 Å². The second-order valence-electron chi connectivity index (χ2n) is 7.31. The molecule has 0 aliphatic carbocycles. The van der Waals surface area contributed by atoms with E-state index in [2.05, 4.69) is 39.0 Å². The molecule has 4 aromatic rings. The molecule has 2 aromatic heterocycles. The van der Waals surface area contributed by atoms with Crippen molar-refractivity contribution in [2.24, 2.45) is 0 Å². The van der Waals surface area contributed by atoms with Gasteiger partial charge < -0.3 is 9.80 Å². The van der Waals surface area contributed by atoms with Crippen molar-refractivity contribution in [2.75, 3.05) is 31.1 Å². The lowest BCUT2D eigenvalue weighted by molar-refractivity contribution is 0.0741. The Labute approximate surface area is 193 Å². The fourth-order valence-electron chi connectivity index (χ4n) is 3.93. The van der Waals surface area contributed by atoms with E-state index in [0.29, 0.717) is 42.4 Å². The van der Waals surface area contributed by atoms with E-state index >= 15 is 0 Å². The number of carbonyl (C=O) groups excluding carboxylic acids is 1. The number of benzene rings is 2. The lowest BCUT2D eigenvalue weighted by atomic mass is 10.0. The molecule has 0 atom stereocenters. The molecule has 32 heavy (non-hydrogen) atoms. The molecule has 0 spiro atoms. The maximum absolute atomic E-state index is 12.7. The molecule has 0 radical (unpaired) electrons. The second kappa shape index (κ2) is 8.43. The van der Waals surface area contributed by atoms with E-state index in [1.807, 2.05) is 29.8 Å². The van der Waals surface area contributed by atoms with Crippen molar-refractivity contribution in [3.63, 3.8) is 0 Å². The summed E-state index contributed by atoms with van der Waals surface area (Å²) in [5.41, 5.74) is 6.80. The largest absolute Gasteiger partial charge is 0.367 e. The quantitative estimate of drug-likeness (QED) is 0.432. The number of terminal acetylenes is 1. The SMILES string of the molecule is C#Cc1nc(C(=O)N2CCN(c3ccc(-c4cccc5ncsc45)cc3C#N)CC2)cs1. The van der Waals surface area contributed by atoms with Gasteiger partial charge in [0.2, 0.25) is 0 Å². The Bertz CT molecular complexity index is 1400. The summed E-state index contributed by atoms with van der Waals surface area (Å²) in [6.45, 7) is 2.43. The first-order valence-electron chi connectivity index (χ1n) is 10.0. The maximum Gasteiger partial charge on any atom is 0.273 e. The third kappa shape index (κ3) is 3.60. The van der Waals surface area contributed by atoms with Crippen LogP contribution in [-0.4, -0.2) is 47.0 Å². The molecule has 1 aliphatic rings. The fraction of sp³-hybridized carbons (Fsp3) is 0.167. The highest BCUT2D eigenvalue weighted by atomic mass is 32.1. The minimum absolute atomic E-state index is 0.101. The van der Waals surface area contributed by atoms with Crippen molar-refractivity contribution in [3.05, 3.63) is 63.6 Å². The third-order valence-corrected chi connectivity index (χ3v) is 7.19. The van der Waals surface area contributed by atoms with Gasteiger partial charge in [-0.3, -0.25) is 4.79 Å². The summed E-state index contributed by atoms with van der Waals surface area (Å²) in [5, 5.41) is 12.1. The number of piperazine rings is 1. The molecule has 1 aliphatic heterocycles. The minimum Gasteiger partial charge on any atom is -0.367 e. The zero-order valence-corrected chi connectivity index (χ0v) is 18.6. The number of hydrogen-bond donors (Lipinski definition) is 0. The van der Waals surface area contributed by atoms with Crippen LogP contribution < -0.4 is 4.90 Å². The monoisotopic (exact) mass is 455 g/mol. The van der Waals surface area contributed by atoms with Crippen LogP contribution in [-0.2, 0) is 0 Å². The average Bonchev–Trinajstić information content (AvgIpc) is 3.53. The molecule has 8 heteroatoms. The number of amides is 1. The molecule has 1 amide bonds. The van der Waals surface area contributed by atoms with Gasteiger partial charge in [-0.05, 0) is 29.7 Å². The van der Waals surface area contributed by atoms with Crippen LogP contribution in [0, 0.1) is 23.7 Å². The van der Waals surface area contributed by atoms with Gasteiger partial charge in [-0.25, -0.2) is 9.97 Å². The minimum atomic E-state index is -0.101. The van der Waals surface area contributed by atoms with E-state index < -0.39 is 0 Å². The van der Waals surface area contributed by atoms with Crippen molar-refractivity contribution in [2.45, 2.75) is 0 Å². The second-order valence-corrected chi connectivity index (χ2v) is 9.02. The zero-order valence-electron chi connectivity index (χ0n) is 17.0. The molecule has 0 bridgehead atoms. The lowest BCUT2D eigenvalue weighted by Gasteiger charge is -2.36. The molecule has 0 unspecified atom stereocenters. The van der Waals surface area contributed by atoms with Crippen LogP contribution >= 0.6 is 22.7 Å². The average molecular weight is 456 g/mol. The Morgan fingerprint density at radius 1 is 1.12 bits per heavy atom. The molecular weight excluding hydrogens is 438 g/mol. The van der Waals surface area contributed by atoms with E-state index in [0.717, 1.165) is 27.0 Å². The Hall–Kier alpha value is -3.72. The van der Waals surface area contributed by atoms with Gasteiger partial charge in [0.25, 0.3) is 5.91 Å². The molecule has 0 saturated carbocycles. The normalized spacial score (nSPS) is 13.7. The number of hydrogen-bond acceptors (Lipinski definition) is 7. The third-order valence-electron chi connectivity index (χ3n) is 5.54. The van der Waals surface area contributed by atoms with Crippen LogP contribution in [0.3, 0.4) is 0 Å². The van der Waals surface area contributed by atoms with E-state index in [-0.39, 0.29) is 5.91 Å². The molecule has 6 nitrogen and oxygen atoms in total. The van der Waals surface area contributed by atoms with Gasteiger partial charge >= 0.3 is 0 Å². The van der Waals surface area contributed by atoms with Crippen molar-refractivity contribution in [1.29, 1.82) is 5.26 Å². The molecule has 0 N–H and O–H groups in total.